The van der Waals surface area contributed by atoms with Gasteiger partial charge in [-0.2, -0.15) is 13.2 Å². The van der Waals surface area contributed by atoms with Gasteiger partial charge >= 0.3 is 6.18 Å². The second-order valence-electron chi connectivity index (χ2n) is 9.28. The Balaban J connectivity index is 1.57. The van der Waals surface area contributed by atoms with Gasteiger partial charge in [-0.25, -0.2) is 0 Å². The number of phenols is 1. The number of carbonyl (C=O) groups is 2. The summed E-state index contributed by atoms with van der Waals surface area (Å²) in [5.41, 5.74) is 0.984. The minimum atomic E-state index is -4.60. The maximum atomic E-state index is 13.5. The van der Waals surface area contributed by atoms with E-state index in [9.17, 15) is 33.0 Å². The monoisotopic (exact) mass is 566 g/mol. The number of nitrogens with one attached hydrogen (secondary N) is 1. The molecule has 0 aliphatic carbocycles. The lowest BCUT2D eigenvalue weighted by atomic mass is 10.0. The van der Waals surface area contributed by atoms with Gasteiger partial charge in [0.1, 0.15) is 11.4 Å². The molecule has 204 valence electrons. The molecule has 12 heteroatoms. The van der Waals surface area contributed by atoms with Gasteiger partial charge in [0.2, 0.25) is 5.88 Å². The standard InChI is InChI=1S/C28H21F3N4O4S/c1-14(2)16-4-7-18(8-5-16)35-21-13-17(28(29,30)31)6-9-19(21)24(26(35)38)34-33-20-10-3-15(11-22(20)36)12-23-25(37)32-27(39)40-23/h3-14,36,38H,1-2H3,(H,32,37,39)/b23-12-,34-33?. The Morgan fingerprint density at radius 2 is 1.70 bits per heavy atom. The number of imide groups is 1. The normalized spacial score (nSPS) is 15.2. The summed E-state index contributed by atoms with van der Waals surface area (Å²) in [4.78, 5) is 23.3. The van der Waals surface area contributed by atoms with E-state index in [-0.39, 0.29) is 38.9 Å². The molecule has 2 heterocycles. The number of amides is 2. The third kappa shape index (κ3) is 5.17. The molecule has 8 nitrogen and oxygen atoms in total. The highest BCUT2D eigenvalue weighted by atomic mass is 32.2. The summed E-state index contributed by atoms with van der Waals surface area (Å²) in [6.07, 6.45) is -3.18. The number of aromatic nitrogens is 1. The van der Waals surface area contributed by atoms with E-state index >= 15 is 0 Å². The van der Waals surface area contributed by atoms with Crippen LogP contribution in [-0.2, 0) is 11.0 Å². The molecule has 0 bridgehead atoms. The van der Waals surface area contributed by atoms with Crippen LogP contribution in [0.5, 0.6) is 11.6 Å². The largest absolute Gasteiger partial charge is 0.506 e. The van der Waals surface area contributed by atoms with Crippen LogP contribution in [0.1, 0.15) is 36.5 Å². The number of azo groups is 1. The maximum absolute atomic E-state index is 13.5. The number of alkyl halides is 3. The number of aromatic hydroxyl groups is 2. The highest BCUT2D eigenvalue weighted by Gasteiger charge is 2.32. The van der Waals surface area contributed by atoms with Gasteiger partial charge in [0.05, 0.1) is 16.0 Å². The van der Waals surface area contributed by atoms with Crippen molar-refractivity contribution in [3.05, 3.63) is 82.3 Å². The van der Waals surface area contributed by atoms with E-state index in [2.05, 4.69) is 15.5 Å². The fourth-order valence-corrected chi connectivity index (χ4v) is 4.88. The molecule has 0 radical (unpaired) electrons. The van der Waals surface area contributed by atoms with Crippen molar-refractivity contribution in [3.63, 3.8) is 0 Å². The Hall–Kier alpha value is -4.58. The topological polar surface area (TPSA) is 116 Å². The number of hydrogen-bond donors (Lipinski definition) is 3. The summed E-state index contributed by atoms with van der Waals surface area (Å²) < 4.78 is 41.9. The van der Waals surface area contributed by atoms with Gasteiger partial charge in [-0.1, -0.05) is 32.0 Å². The van der Waals surface area contributed by atoms with Crippen LogP contribution in [0.3, 0.4) is 0 Å². The first-order chi connectivity index (χ1) is 18.9. The van der Waals surface area contributed by atoms with Crippen molar-refractivity contribution in [3.8, 4) is 17.3 Å². The highest BCUT2D eigenvalue weighted by Crippen LogP contribution is 2.44. The first kappa shape index (κ1) is 27.0. The second-order valence-corrected chi connectivity index (χ2v) is 10.3. The van der Waals surface area contributed by atoms with Crippen LogP contribution < -0.4 is 5.32 Å². The van der Waals surface area contributed by atoms with Gasteiger partial charge in [-0.15, -0.1) is 10.2 Å². The zero-order valence-corrected chi connectivity index (χ0v) is 21.8. The van der Waals surface area contributed by atoms with E-state index in [1.165, 1.54) is 34.9 Å². The van der Waals surface area contributed by atoms with E-state index in [4.69, 9.17) is 0 Å². The number of halogens is 3. The summed E-state index contributed by atoms with van der Waals surface area (Å²) >= 11 is 0.731. The Morgan fingerprint density at radius 3 is 2.30 bits per heavy atom. The van der Waals surface area contributed by atoms with Crippen LogP contribution in [0.15, 0.2) is 75.8 Å². The Bertz CT molecular complexity index is 1720. The quantitative estimate of drug-likeness (QED) is 0.168. The van der Waals surface area contributed by atoms with E-state index in [1.807, 2.05) is 26.0 Å². The third-order valence-corrected chi connectivity index (χ3v) is 7.07. The summed E-state index contributed by atoms with van der Waals surface area (Å²) in [5, 5.41) is 31.6. The number of phenolic OH excluding ortho intramolecular Hbond substituents is 1. The van der Waals surface area contributed by atoms with Gasteiger partial charge in [-0.05, 0) is 77.3 Å². The first-order valence-corrected chi connectivity index (χ1v) is 12.8. The molecule has 1 saturated heterocycles. The molecule has 2 amide bonds. The third-order valence-electron chi connectivity index (χ3n) is 6.26. The molecule has 5 rings (SSSR count). The number of benzene rings is 3. The van der Waals surface area contributed by atoms with Crippen molar-refractivity contribution < 1.29 is 33.0 Å². The highest BCUT2D eigenvalue weighted by molar-refractivity contribution is 8.18. The van der Waals surface area contributed by atoms with Crippen LogP contribution in [0.25, 0.3) is 22.7 Å². The summed E-state index contributed by atoms with van der Waals surface area (Å²) in [6.45, 7) is 4.02. The van der Waals surface area contributed by atoms with Crippen LogP contribution in [0.4, 0.5) is 29.3 Å². The maximum Gasteiger partial charge on any atom is 0.416 e. The number of rotatable bonds is 5. The fourth-order valence-electron chi connectivity index (χ4n) is 4.19. The van der Waals surface area contributed by atoms with Gasteiger partial charge < -0.3 is 10.2 Å². The van der Waals surface area contributed by atoms with Crippen molar-refractivity contribution in [2.75, 3.05) is 0 Å². The lowest BCUT2D eigenvalue weighted by Crippen LogP contribution is -2.17. The van der Waals surface area contributed by atoms with Gasteiger partial charge in [0.15, 0.2) is 5.69 Å². The minimum absolute atomic E-state index is 0.00949. The SMILES string of the molecule is CC(C)c1ccc(-n2c(O)c(N=Nc3ccc(/C=C4\SC(=O)NC4=O)cc3O)c3ccc(C(F)(F)F)cc32)cc1. The van der Waals surface area contributed by atoms with E-state index < -0.39 is 28.8 Å². The fraction of sp³-hybridized carbons (Fsp3) is 0.143. The zero-order chi connectivity index (χ0) is 28.8. The van der Waals surface area contributed by atoms with Crippen molar-refractivity contribution in [1.29, 1.82) is 0 Å². The Morgan fingerprint density at radius 1 is 0.975 bits per heavy atom. The summed E-state index contributed by atoms with van der Waals surface area (Å²) in [6, 6.07) is 14.4. The molecular weight excluding hydrogens is 545 g/mol. The Labute approximate surface area is 229 Å². The van der Waals surface area contributed by atoms with Gasteiger partial charge in [-0.3, -0.25) is 19.5 Å². The summed E-state index contributed by atoms with van der Waals surface area (Å²) in [7, 11) is 0. The van der Waals surface area contributed by atoms with Crippen molar-refractivity contribution in [1.82, 2.24) is 9.88 Å². The molecule has 1 aliphatic heterocycles. The van der Waals surface area contributed by atoms with E-state index in [0.29, 0.717) is 11.3 Å². The van der Waals surface area contributed by atoms with Crippen molar-refractivity contribution in [2.24, 2.45) is 10.2 Å². The smallest absolute Gasteiger partial charge is 0.416 e. The molecule has 40 heavy (non-hydrogen) atoms. The Kier molecular flexibility index (Phi) is 6.88. The molecule has 3 N–H and O–H groups in total. The first-order valence-electron chi connectivity index (χ1n) is 12.0. The van der Waals surface area contributed by atoms with E-state index in [0.717, 1.165) is 29.5 Å². The molecule has 4 aromatic rings. The molecule has 1 aliphatic rings. The number of carbonyl (C=O) groups excluding carboxylic acids is 2. The lowest BCUT2D eigenvalue weighted by molar-refractivity contribution is -0.137. The summed E-state index contributed by atoms with van der Waals surface area (Å²) in [5.74, 6) is -1.04. The van der Waals surface area contributed by atoms with E-state index in [1.54, 1.807) is 12.1 Å². The molecular formula is C28H21F3N4O4S. The zero-order valence-electron chi connectivity index (χ0n) is 21.0. The number of fused-ring (bicyclic) bond motifs is 1. The molecule has 3 aromatic carbocycles. The van der Waals surface area contributed by atoms with Crippen molar-refractivity contribution >= 4 is 51.3 Å². The van der Waals surface area contributed by atoms with Crippen LogP contribution >= 0.6 is 11.8 Å². The molecule has 1 fully saturated rings. The number of thioether (sulfide) groups is 1. The van der Waals surface area contributed by atoms with Crippen molar-refractivity contribution in [2.45, 2.75) is 25.9 Å². The van der Waals surface area contributed by atoms with Crippen LogP contribution in [-0.4, -0.2) is 25.9 Å². The molecule has 0 unspecified atom stereocenters. The molecule has 0 atom stereocenters. The van der Waals surface area contributed by atoms with Gasteiger partial charge in [0.25, 0.3) is 11.1 Å². The molecule has 1 aromatic heterocycles. The van der Waals surface area contributed by atoms with Crippen LogP contribution in [0.2, 0.25) is 0 Å². The predicted octanol–water partition coefficient (Wildman–Crippen LogP) is 7.92. The average Bonchev–Trinajstić information content (AvgIpc) is 3.36. The number of hydrogen-bond acceptors (Lipinski definition) is 7. The minimum Gasteiger partial charge on any atom is -0.506 e. The van der Waals surface area contributed by atoms with Gasteiger partial charge in [0, 0.05) is 11.1 Å². The second kappa shape index (κ2) is 10.2. The van der Waals surface area contributed by atoms with Crippen LogP contribution in [0, 0.1) is 0 Å². The number of nitrogens with zero attached hydrogens (tertiary/aromatic N) is 3. The predicted molar refractivity (Wildman–Crippen MR) is 145 cm³/mol. The lowest BCUT2D eigenvalue weighted by Gasteiger charge is -2.11. The molecule has 0 saturated carbocycles. The molecule has 0 spiro atoms. The average molecular weight is 567 g/mol.